The summed E-state index contributed by atoms with van der Waals surface area (Å²) in [5.41, 5.74) is -1.30. The van der Waals surface area contributed by atoms with Gasteiger partial charge in [-0.1, -0.05) is 13.0 Å². The second kappa shape index (κ2) is 6.16. The Hall–Kier alpha value is -1.41. The first-order valence-electron chi connectivity index (χ1n) is 5.26. The van der Waals surface area contributed by atoms with Crippen LogP contribution in [0.15, 0.2) is 18.2 Å². The summed E-state index contributed by atoms with van der Waals surface area (Å²) in [6, 6.07) is 3.09. The van der Waals surface area contributed by atoms with E-state index in [1.807, 2.05) is 4.72 Å². The average Bonchev–Trinajstić information content (AvgIpc) is 2.30. The molecule has 0 aliphatic rings. The minimum Gasteiger partial charge on any atom is -0.275 e. The molecule has 0 radical (unpaired) electrons. The molecule has 106 valence electrons. The van der Waals surface area contributed by atoms with E-state index >= 15 is 0 Å². The minimum atomic E-state index is -3.90. The number of alkyl halides is 1. The molecule has 0 aromatic heterocycles. The standard InChI is InChI=1S/C10H12ClFN2O4S/c1-7(5-11)6-19(17,18)13-10-8(12)3-2-4-9(10)14(15)16/h2-4,7,13H,5-6H2,1H3. The van der Waals surface area contributed by atoms with Crippen molar-refractivity contribution in [3.63, 3.8) is 0 Å². The lowest BCUT2D eigenvalue weighted by Crippen LogP contribution is -2.23. The van der Waals surface area contributed by atoms with Crippen molar-refractivity contribution in [2.24, 2.45) is 5.92 Å². The fourth-order valence-electron chi connectivity index (χ4n) is 1.38. The predicted octanol–water partition coefficient (Wildman–Crippen LogP) is 2.35. The third-order valence-corrected chi connectivity index (χ3v) is 4.26. The Balaban J connectivity index is 3.09. The van der Waals surface area contributed by atoms with E-state index in [1.54, 1.807) is 6.92 Å². The molecule has 0 spiro atoms. The van der Waals surface area contributed by atoms with Crippen molar-refractivity contribution in [1.82, 2.24) is 0 Å². The zero-order valence-electron chi connectivity index (χ0n) is 9.97. The van der Waals surface area contributed by atoms with Crippen LogP contribution in [0.3, 0.4) is 0 Å². The Morgan fingerprint density at radius 3 is 2.68 bits per heavy atom. The molecule has 1 unspecified atom stereocenters. The van der Waals surface area contributed by atoms with Gasteiger partial charge in [-0.3, -0.25) is 14.8 Å². The quantitative estimate of drug-likeness (QED) is 0.496. The third-order valence-electron chi connectivity index (χ3n) is 2.21. The van der Waals surface area contributed by atoms with Crippen LogP contribution in [0.1, 0.15) is 6.92 Å². The van der Waals surface area contributed by atoms with Gasteiger partial charge in [-0.05, 0) is 12.0 Å². The van der Waals surface area contributed by atoms with Crippen molar-refractivity contribution in [1.29, 1.82) is 0 Å². The van der Waals surface area contributed by atoms with Gasteiger partial charge in [0, 0.05) is 11.9 Å². The molecule has 0 saturated heterocycles. The lowest BCUT2D eigenvalue weighted by molar-refractivity contribution is -0.384. The molecule has 0 fully saturated rings. The zero-order chi connectivity index (χ0) is 14.6. The van der Waals surface area contributed by atoms with E-state index in [0.29, 0.717) is 0 Å². The van der Waals surface area contributed by atoms with Crippen molar-refractivity contribution in [3.05, 3.63) is 34.1 Å². The third kappa shape index (κ3) is 4.32. The first kappa shape index (κ1) is 15.6. The summed E-state index contributed by atoms with van der Waals surface area (Å²) >= 11 is 5.50. The number of nitrogens with one attached hydrogen (secondary N) is 1. The highest BCUT2D eigenvalue weighted by Gasteiger charge is 2.23. The summed E-state index contributed by atoms with van der Waals surface area (Å²) in [4.78, 5) is 9.87. The van der Waals surface area contributed by atoms with Crippen LogP contribution in [0.5, 0.6) is 0 Å². The molecule has 0 amide bonds. The van der Waals surface area contributed by atoms with Gasteiger partial charge in [0.05, 0.1) is 10.7 Å². The van der Waals surface area contributed by atoms with E-state index in [-0.39, 0.29) is 17.6 Å². The molecule has 6 nitrogen and oxygen atoms in total. The maximum atomic E-state index is 13.5. The van der Waals surface area contributed by atoms with Crippen LogP contribution < -0.4 is 4.72 Å². The van der Waals surface area contributed by atoms with Gasteiger partial charge in [0.2, 0.25) is 10.0 Å². The van der Waals surface area contributed by atoms with Gasteiger partial charge < -0.3 is 0 Å². The Kier molecular flexibility index (Phi) is 5.07. The van der Waals surface area contributed by atoms with E-state index in [1.165, 1.54) is 0 Å². The van der Waals surface area contributed by atoms with Gasteiger partial charge in [0.15, 0.2) is 11.5 Å². The largest absolute Gasteiger partial charge is 0.296 e. The number of halogens is 2. The highest BCUT2D eigenvalue weighted by atomic mass is 35.5. The molecule has 0 aliphatic carbocycles. The summed E-state index contributed by atoms with van der Waals surface area (Å²) in [7, 11) is -3.90. The van der Waals surface area contributed by atoms with Crippen LogP contribution in [0.4, 0.5) is 15.8 Å². The fraction of sp³-hybridized carbons (Fsp3) is 0.400. The van der Waals surface area contributed by atoms with E-state index < -0.39 is 32.1 Å². The van der Waals surface area contributed by atoms with Crippen LogP contribution >= 0.6 is 11.6 Å². The van der Waals surface area contributed by atoms with Crippen LogP contribution in [-0.2, 0) is 10.0 Å². The predicted molar refractivity (Wildman–Crippen MR) is 70.3 cm³/mol. The van der Waals surface area contributed by atoms with Crippen molar-refractivity contribution < 1.29 is 17.7 Å². The monoisotopic (exact) mass is 310 g/mol. The molecule has 1 atom stereocenters. The summed E-state index contributed by atoms with van der Waals surface area (Å²) in [6.07, 6.45) is 0. The lowest BCUT2D eigenvalue weighted by Gasteiger charge is -2.11. The van der Waals surface area contributed by atoms with Crippen molar-refractivity contribution in [2.75, 3.05) is 16.4 Å². The summed E-state index contributed by atoms with van der Waals surface area (Å²) in [5, 5.41) is 10.7. The number of hydrogen-bond donors (Lipinski definition) is 1. The molecule has 0 heterocycles. The maximum absolute atomic E-state index is 13.5. The van der Waals surface area contributed by atoms with Gasteiger partial charge in [-0.25, -0.2) is 12.8 Å². The van der Waals surface area contributed by atoms with Gasteiger partial charge in [0.1, 0.15) is 0 Å². The Morgan fingerprint density at radius 1 is 1.53 bits per heavy atom. The maximum Gasteiger partial charge on any atom is 0.296 e. The first-order valence-corrected chi connectivity index (χ1v) is 7.45. The smallest absolute Gasteiger partial charge is 0.275 e. The molecule has 0 bridgehead atoms. The van der Waals surface area contributed by atoms with Crippen LogP contribution in [0.2, 0.25) is 0 Å². The summed E-state index contributed by atoms with van der Waals surface area (Å²) in [6.45, 7) is 1.60. The molecular weight excluding hydrogens is 299 g/mol. The average molecular weight is 311 g/mol. The number of nitrogens with zero attached hydrogens (tertiary/aromatic N) is 1. The highest BCUT2D eigenvalue weighted by Crippen LogP contribution is 2.28. The van der Waals surface area contributed by atoms with Crippen molar-refractivity contribution in [3.8, 4) is 0 Å². The number of hydrogen-bond acceptors (Lipinski definition) is 4. The topological polar surface area (TPSA) is 89.3 Å². The number of para-hydroxylation sites is 1. The number of anilines is 1. The Bertz CT molecular complexity index is 579. The highest BCUT2D eigenvalue weighted by molar-refractivity contribution is 7.92. The first-order chi connectivity index (χ1) is 8.76. The molecule has 0 saturated carbocycles. The summed E-state index contributed by atoms with van der Waals surface area (Å²) < 4.78 is 38.9. The van der Waals surface area contributed by atoms with Gasteiger partial charge in [-0.15, -0.1) is 11.6 Å². The molecule has 19 heavy (non-hydrogen) atoms. The molecule has 1 N–H and O–H groups in total. The van der Waals surface area contributed by atoms with E-state index in [0.717, 1.165) is 18.2 Å². The summed E-state index contributed by atoms with van der Waals surface area (Å²) in [5.74, 6) is -1.59. The van der Waals surface area contributed by atoms with Gasteiger partial charge >= 0.3 is 0 Å². The Morgan fingerprint density at radius 2 is 2.16 bits per heavy atom. The lowest BCUT2D eigenvalue weighted by atomic mass is 10.2. The van der Waals surface area contributed by atoms with Crippen molar-refractivity contribution in [2.45, 2.75) is 6.92 Å². The van der Waals surface area contributed by atoms with Gasteiger partial charge in [0.25, 0.3) is 5.69 Å². The molecule has 1 rings (SSSR count). The fourth-order valence-corrected chi connectivity index (χ4v) is 3.08. The number of nitro benzene ring substituents is 1. The second-order valence-electron chi connectivity index (χ2n) is 4.03. The van der Waals surface area contributed by atoms with Crippen molar-refractivity contribution >= 4 is 33.0 Å². The Labute approximate surface area is 114 Å². The number of sulfonamides is 1. The van der Waals surface area contributed by atoms with E-state index in [9.17, 15) is 22.9 Å². The molecule has 1 aromatic rings. The SMILES string of the molecule is CC(CCl)CS(=O)(=O)Nc1c(F)cccc1[N+](=O)[O-]. The molecule has 9 heteroatoms. The number of benzene rings is 1. The van der Waals surface area contributed by atoms with Gasteiger partial charge in [-0.2, -0.15) is 0 Å². The molecular formula is C10H12ClFN2O4S. The second-order valence-corrected chi connectivity index (χ2v) is 6.11. The van der Waals surface area contributed by atoms with E-state index in [2.05, 4.69) is 0 Å². The zero-order valence-corrected chi connectivity index (χ0v) is 11.5. The molecule has 1 aromatic carbocycles. The molecule has 0 aliphatic heterocycles. The number of rotatable bonds is 6. The van der Waals surface area contributed by atoms with Crippen LogP contribution in [0, 0.1) is 21.8 Å². The normalized spacial score (nSPS) is 13.0. The van der Waals surface area contributed by atoms with Crippen LogP contribution in [0.25, 0.3) is 0 Å². The number of nitro groups is 1. The van der Waals surface area contributed by atoms with E-state index in [4.69, 9.17) is 11.6 Å². The van der Waals surface area contributed by atoms with Crippen LogP contribution in [-0.4, -0.2) is 25.0 Å². The minimum absolute atomic E-state index is 0.111.